The van der Waals surface area contributed by atoms with Gasteiger partial charge in [0.1, 0.15) is 0 Å². The van der Waals surface area contributed by atoms with Crippen molar-refractivity contribution < 1.29 is 9.90 Å². The first-order valence-electron chi connectivity index (χ1n) is 6.36. The van der Waals surface area contributed by atoms with Crippen molar-refractivity contribution in [1.29, 1.82) is 0 Å². The Morgan fingerprint density at radius 1 is 1.35 bits per heavy atom. The molecular formula is C14H19Cl2NO2S. The third-order valence-electron chi connectivity index (χ3n) is 2.98. The second kappa shape index (κ2) is 8.13. The number of aliphatic hydroxyl groups excluding tert-OH is 1. The summed E-state index contributed by atoms with van der Waals surface area (Å²) in [4.78, 5) is 12.9. The molecule has 1 aromatic rings. The van der Waals surface area contributed by atoms with E-state index in [9.17, 15) is 9.90 Å². The molecule has 0 aliphatic rings. The molecule has 0 radical (unpaired) electrons. The molecule has 1 unspecified atom stereocenters. The number of carbonyl (C=O) groups excluding carboxylic acids is 1. The lowest BCUT2D eigenvalue weighted by Crippen LogP contribution is -2.29. The zero-order chi connectivity index (χ0) is 15.3. The minimum atomic E-state index is -0.419. The van der Waals surface area contributed by atoms with Gasteiger partial charge in [-0.3, -0.25) is 4.79 Å². The van der Waals surface area contributed by atoms with E-state index in [-0.39, 0.29) is 11.8 Å². The van der Waals surface area contributed by atoms with Gasteiger partial charge in [0, 0.05) is 11.4 Å². The van der Waals surface area contributed by atoms with E-state index >= 15 is 0 Å². The summed E-state index contributed by atoms with van der Waals surface area (Å²) in [6.45, 7) is 4.28. The maximum absolute atomic E-state index is 12.1. The van der Waals surface area contributed by atoms with Crippen LogP contribution in [-0.4, -0.2) is 29.9 Å². The Kier molecular flexibility index (Phi) is 7.17. The van der Waals surface area contributed by atoms with E-state index < -0.39 is 6.10 Å². The van der Waals surface area contributed by atoms with Gasteiger partial charge in [-0.05, 0) is 30.7 Å². The monoisotopic (exact) mass is 335 g/mol. The number of aliphatic hydroxyl groups is 1. The molecule has 1 aromatic carbocycles. The van der Waals surface area contributed by atoms with Crippen molar-refractivity contribution >= 4 is 40.9 Å². The van der Waals surface area contributed by atoms with Crippen LogP contribution < -0.4 is 5.32 Å². The van der Waals surface area contributed by atoms with Gasteiger partial charge in [0.25, 0.3) is 5.91 Å². The summed E-state index contributed by atoms with van der Waals surface area (Å²) in [5, 5.41) is 13.3. The van der Waals surface area contributed by atoms with Gasteiger partial charge in [-0.25, -0.2) is 0 Å². The number of halogens is 2. The number of carbonyl (C=O) groups is 1. The van der Waals surface area contributed by atoms with E-state index in [1.165, 1.54) is 11.8 Å². The number of amides is 1. The normalized spacial score (nSPS) is 12.6. The number of thioether (sulfide) groups is 1. The molecule has 20 heavy (non-hydrogen) atoms. The average Bonchev–Trinajstić information content (AvgIpc) is 2.38. The first-order valence-corrected chi connectivity index (χ1v) is 8.34. The highest BCUT2D eigenvalue weighted by molar-refractivity contribution is 7.98. The summed E-state index contributed by atoms with van der Waals surface area (Å²) in [5.74, 6) is -0.0768. The van der Waals surface area contributed by atoms with Crippen LogP contribution in [-0.2, 0) is 0 Å². The van der Waals surface area contributed by atoms with E-state index in [4.69, 9.17) is 23.2 Å². The molecule has 0 saturated carbocycles. The number of rotatable bonds is 6. The van der Waals surface area contributed by atoms with Crippen LogP contribution in [0.3, 0.4) is 0 Å². The molecule has 0 bridgehead atoms. The van der Waals surface area contributed by atoms with Crippen molar-refractivity contribution in [3.8, 4) is 0 Å². The largest absolute Gasteiger partial charge is 0.393 e. The zero-order valence-corrected chi connectivity index (χ0v) is 14.1. The second-order valence-electron chi connectivity index (χ2n) is 4.82. The molecule has 2 N–H and O–H groups in total. The van der Waals surface area contributed by atoms with Crippen LogP contribution in [0.15, 0.2) is 17.0 Å². The lowest BCUT2D eigenvalue weighted by Gasteiger charge is -2.15. The fourth-order valence-electron chi connectivity index (χ4n) is 1.62. The fourth-order valence-corrected chi connectivity index (χ4v) is 2.81. The minimum absolute atomic E-state index is 0.175. The van der Waals surface area contributed by atoms with Gasteiger partial charge < -0.3 is 10.4 Å². The van der Waals surface area contributed by atoms with Crippen LogP contribution in [0.1, 0.15) is 30.6 Å². The van der Waals surface area contributed by atoms with Crippen molar-refractivity contribution in [1.82, 2.24) is 5.32 Å². The summed E-state index contributed by atoms with van der Waals surface area (Å²) >= 11 is 13.5. The molecule has 1 atom stereocenters. The lowest BCUT2D eigenvalue weighted by molar-refractivity contribution is 0.0920. The summed E-state index contributed by atoms with van der Waals surface area (Å²) in [7, 11) is 0. The molecule has 0 saturated heterocycles. The lowest BCUT2D eigenvalue weighted by atomic mass is 10.0. The SMILES string of the molecule is CSc1cc(C(=O)NCCC(O)C(C)C)c(Cl)cc1Cl. The molecule has 3 nitrogen and oxygen atoms in total. The molecule has 0 aliphatic carbocycles. The molecule has 0 heterocycles. The van der Waals surface area contributed by atoms with Crippen LogP contribution in [0.5, 0.6) is 0 Å². The highest BCUT2D eigenvalue weighted by atomic mass is 35.5. The molecule has 1 amide bonds. The molecule has 0 aromatic heterocycles. The summed E-state index contributed by atoms with van der Waals surface area (Å²) < 4.78 is 0. The van der Waals surface area contributed by atoms with Crippen LogP contribution >= 0.6 is 35.0 Å². The van der Waals surface area contributed by atoms with Gasteiger partial charge in [0.05, 0.1) is 21.7 Å². The van der Waals surface area contributed by atoms with Crippen LogP contribution in [0.2, 0.25) is 10.0 Å². The Labute approximate surface area is 134 Å². The molecule has 0 spiro atoms. The van der Waals surface area contributed by atoms with Crippen LogP contribution in [0.25, 0.3) is 0 Å². The standard InChI is InChI=1S/C14H19Cl2NO2S/c1-8(2)12(18)4-5-17-14(19)9-6-13(20-3)11(16)7-10(9)15/h6-8,12,18H,4-5H2,1-3H3,(H,17,19). The summed E-state index contributed by atoms with van der Waals surface area (Å²) in [6, 6.07) is 3.26. The molecule has 0 fully saturated rings. The Morgan fingerprint density at radius 3 is 2.55 bits per heavy atom. The van der Waals surface area contributed by atoms with Gasteiger partial charge >= 0.3 is 0 Å². The predicted octanol–water partition coefficient (Wildman–Crippen LogP) is 3.85. The number of benzene rings is 1. The topological polar surface area (TPSA) is 49.3 Å². The highest BCUT2D eigenvalue weighted by Gasteiger charge is 2.15. The predicted molar refractivity (Wildman–Crippen MR) is 86.0 cm³/mol. The minimum Gasteiger partial charge on any atom is -0.393 e. The molecule has 112 valence electrons. The summed E-state index contributed by atoms with van der Waals surface area (Å²) in [6.07, 6.45) is 1.98. The van der Waals surface area contributed by atoms with Gasteiger partial charge in [0.2, 0.25) is 0 Å². The number of hydrogen-bond acceptors (Lipinski definition) is 3. The average molecular weight is 336 g/mol. The molecule has 6 heteroatoms. The van der Waals surface area contributed by atoms with Crippen molar-refractivity contribution in [3.05, 3.63) is 27.7 Å². The second-order valence-corrected chi connectivity index (χ2v) is 6.49. The zero-order valence-electron chi connectivity index (χ0n) is 11.7. The van der Waals surface area contributed by atoms with Gasteiger partial charge in [0.15, 0.2) is 0 Å². The quantitative estimate of drug-likeness (QED) is 0.776. The first-order chi connectivity index (χ1) is 9.36. The fraction of sp³-hybridized carbons (Fsp3) is 0.500. The van der Waals surface area contributed by atoms with E-state index in [0.29, 0.717) is 28.6 Å². The van der Waals surface area contributed by atoms with Gasteiger partial charge in [-0.2, -0.15) is 0 Å². The van der Waals surface area contributed by atoms with E-state index in [0.717, 1.165) is 4.90 Å². The number of hydrogen-bond donors (Lipinski definition) is 2. The Hall–Kier alpha value is -0.420. The third kappa shape index (κ3) is 4.85. The molecule has 0 aliphatic heterocycles. The Balaban J connectivity index is 2.68. The molecule has 1 rings (SSSR count). The maximum Gasteiger partial charge on any atom is 0.252 e. The van der Waals surface area contributed by atoms with Crippen molar-refractivity contribution in [3.63, 3.8) is 0 Å². The van der Waals surface area contributed by atoms with Crippen LogP contribution in [0, 0.1) is 5.92 Å². The van der Waals surface area contributed by atoms with E-state index in [1.54, 1.807) is 12.1 Å². The van der Waals surface area contributed by atoms with Gasteiger partial charge in [-0.1, -0.05) is 37.0 Å². The van der Waals surface area contributed by atoms with Crippen LogP contribution in [0.4, 0.5) is 0 Å². The highest BCUT2D eigenvalue weighted by Crippen LogP contribution is 2.31. The molecular weight excluding hydrogens is 317 g/mol. The maximum atomic E-state index is 12.1. The smallest absolute Gasteiger partial charge is 0.252 e. The van der Waals surface area contributed by atoms with Crippen molar-refractivity contribution in [2.24, 2.45) is 5.92 Å². The van der Waals surface area contributed by atoms with E-state index in [1.807, 2.05) is 20.1 Å². The Morgan fingerprint density at radius 2 is 2.00 bits per heavy atom. The van der Waals surface area contributed by atoms with Crippen molar-refractivity contribution in [2.45, 2.75) is 31.3 Å². The summed E-state index contributed by atoms with van der Waals surface area (Å²) in [5.41, 5.74) is 0.402. The first kappa shape index (κ1) is 17.6. The Bertz CT molecular complexity index is 480. The number of nitrogens with one attached hydrogen (secondary N) is 1. The van der Waals surface area contributed by atoms with E-state index in [2.05, 4.69) is 5.32 Å². The van der Waals surface area contributed by atoms with Gasteiger partial charge in [-0.15, -0.1) is 11.8 Å². The third-order valence-corrected chi connectivity index (χ3v) is 4.50. The van der Waals surface area contributed by atoms with Crippen molar-refractivity contribution in [2.75, 3.05) is 12.8 Å².